The van der Waals surface area contributed by atoms with E-state index in [4.69, 9.17) is 13.9 Å². The van der Waals surface area contributed by atoms with Crippen LogP contribution < -0.4 is 10.2 Å². The van der Waals surface area contributed by atoms with E-state index >= 15 is 0 Å². The van der Waals surface area contributed by atoms with E-state index in [1.807, 2.05) is 0 Å². The summed E-state index contributed by atoms with van der Waals surface area (Å²) in [5, 5.41) is 0. The maximum absolute atomic E-state index is 12.1. The van der Waals surface area contributed by atoms with Crippen LogP contribution in [-0.4, -0.2) is 12.6 Å². The van der Waals surface area contributed by atoms with E-state index in [2.05, 4.69) is 6.92 Å². The Kier molecular flexibility index (Phi) is 16.7. The normalized spacial score (nSPS) is 11.6. The van der Waals surface area contributed by atoms with Crippen molar-refractivity contribution < 1.29 is 18.7 Å². The lowest BCUT2D eigenvalue weighted by molar-refractivity contribution is -0.143. The summed E-state index contributed by atoms with van der Waals surface area (Å²) in [5.41, 5.74) is -1.05. The molecule has 0 aliphatic heterocycles. The van der Waals surface area contributed by atoms with E-state index in [1.165, 1.54) is 109 Å². The first-order valence-corrected chi connectivity index (χ1v) is 13.8. The van der Waals surface area contributed by atoms with Crippen LogP contribution in [0.1, 0.15) is 136 Å². The number of hydrogen-bond acceptors (Lipinski definition) is 5. The number of carbonyl (C=O) groups is 1. The molecule has 0 saturated carbocycles. The lowest BCUT2D eigenvalue weighted by atomic mass is 9.97. The van der Waals surface area contributed by atoms with Crippen molar-refractivity contribution in [2.24, 2.45) is 5.41 Å². The third-order valence-corrected chi connectivity index (χ3v) is 6.05. The third kappa shape index (κ3) is 15.3. The monoisotopic (exact) mass is 478 g/mol. The lowest BCUT2D eigenvalue weighted by Gasteiger charge is -2.15. The van der Waals surface area contributed by atoms with Crippen LogP contribution in [-0.2, 0) is 16.1 Å². The molecule has 1 aromatic rings. The molecule has 0 aliphatic carbocycles. The van der Waals surface area contributed by atoms with Gasteiger partial charge in [0, 0.05) is 12.7 Å². The van der Waals surface area contributed by atoms with E-state index in [9.17, 15) is 9.59 Å². The van der Waals surface area contributed by atoms with Crippen LogP contribution in [0.4, 0.5) is 0 Å². The van der Waals surface area contributed by atoms with E-state index in [0.29, 0.717) is 12.4 Å². The van der Waals surface area contributed by atoms with Crippen molar-refractivity contribution in [3.8, 4) is 5.75 Å². The van der Waals surface area contributed by atoms with Crippen LogP contribution >= 0.6 is 0 Å². The van der Waals surface area contributed by atoms with Crippen LogP contribution in [0.5, 0.6) is 5.75 Å². The zero-order chi connectivity index (χ0) is 25.1. The van der Waals surface area contributed by atoms with Crippen molar-refractivity contribution in [1.82, 2.24) is 0 Å². The van der Waals surface area contributed by atoms with Crippen molar-refractivity contribution in [3.63, 3.8) is 0 Å². The maximum atomic E-state index is 12.1. The number of esters is 1. The molecule has 34 heavy (non-hydrogen) atoms. The Morgan fingerprint density at radius 2 is 1.26 bits per heavy atom. The smallest absolute Gasteiger partial charge is 0.316 e. The van der Waals surface area contributed by atoms with Gasteiger partial charge in [0.15, 0.2) is 0 Å². The Balaban J connectivity index is 1.94. The average Bonchev–Trinajstić information content (AvgIpc) is 2.79. The summed E-state index contributed by atoms with van der Waals surface area (Å²) in [6.45, 7) is 8.38. The summed E-state index contributed by atoms with van der Waals surface area (Å²) >= 11 is 0. The predicted molar refractivity (Wildman–Crippen MR) is 139 cm³/mol. The fourth-order valence-corrected chi connectivity index (χ4v) is 3.77. The molecule has 0 amide bonds. The van der Waals surface area contributed by atoms with Crippen molar-refractivity contribution in [3.05, 3.63) is 28.3 Å². The van der Waals surface area contributed by atoms with E-state index in [1.54, 1.807) is 20.8 Å². The van der Waals surface area contributed by atoms with Gasteiger partial charge in [-0.15, -0.1) is 0 Å². The van der Waals surface area contributed by atoms with Gasteiger partial charge in [0.05, 0.1) is 5.41 Å². The number of unbranched alkanes of at least 4 members (excludes halogenated alkanes) is 15. The van der Waals surface area contributed by atoms with E-state index < -0.39 is 11.4 Å². The summed E-state index contributed by atoms with van der Waals surface area (Å²) in [6, 6.07) is 1.33. The van der Waals surface area contributed by atoms with Crippen LogP contribution in [0.25, 0.3) is 0 Å². The molecule has 0 N–H and O–H groups in total. The SMILES string of the molecule is CCCCCCCCCCCCCCCCCCOCc1cc(=O)c(OC(=O)C(C)(C)C)co1. The molecule has 0 atom stereocenters. The van der Waals surface area contributed by atoms with Gasteiger partial charge < -0.3 is 13.9 Å². The van der Waals surface area contributed by atoms with Gasteiger partial charge in [0.2, 0.25) is 11.2 Å². The molecule has 1 aromatic heterocycles. The van der Waals surface area contributed by atoms with Gasteiger partial charge in [-0.1, -0.05) is 103 Å². The number of carbonyl (C=O) groups excluding carboxylic acids is 1. The second-order valence-electron chi connectivity index (χ2n) is 10.6. The first-order chi connectivity index (χ1) is 16.3. The van der Waals surface area contributed by atoms with Gasteiger partial charge in [0.1, 0.15) is 18.6 Å². The highest BCUT2D eigenvalue weighted by atomic mass is 16.5. The van der Waals surface area contributed by atoms with Gasteiger partial charge in [-0.3, -0.25) is 9.59 Å². The summed E-state index contributed by atoms with van der Waals surface area (Å²) in [4.78, 5) is 24.0. The summed E-state index contributed by atoms with van der Waals surface area (Å²) in [6.07, 6.45) is 22.7. The highest BCUT2D eigenvalue weighted by Gasteiger charge is 2.24. The zero-order valence-electron chi connectivity index (χ0n) is 22.4. The Labute approximate surface area is 208 Å². The second-order valence-corrected chi connectivity index (χ2v) is 10.6. The van der Waals surface area contributed by atoms with Crippen molar-refractivity contribution in [1.29, 1.82) is 0 Å². The standard InChI is InChI=1S/C29H50O5/c1-5-6-7-8-9-10-11-12-13-14-15-16-17-18-19-20-21-32-23-25-22-26(30)27(24-33-25)34-28(31)29(2,3)4/h22,24H,5-21,23H2,1-4H3. The summed E-state index contributed by atoms with van der Waals surface area (Å²) < 4.78 is 16.1. The molecule has 0 bridgehead atoms. The Bertz CT molecular complexity index is 701. The quantitative estimate of drug-likeness (QED) is 0.139. The molecular weight excluding hydrogens is 428 g/mol. The van der Waals surface area contributed by atoms with E-state index in [0.717, 1.165) is 6.42 Å². The molecule has 1 rings (SSSR count). The van der Waals surface area contributed by atoms with Crippen LogP contribution in [0.15, 0.2) is 21.5 Å². The first-order valence-electron chi connectivity index (χ1n) is 13.8. The van der Waals surface area contributed by atoms with Crippen molar-refractivity contribution in [2.45, 2.75) is 137 Å². The minimum atomic E-state index is -0.679. The highest BCUT2D eigenvalue weighted by molar-refractivity contribution is 5.77. The van der Waals surface area contributed by atoms with Gasteiger partial charge in [0.25, 0.3) is 0 Å². The number of rotatable bonds is 20. The summed E-state index contributed by atoms with van der Waals surface area (Å²) in [7, 11) is 0. The lowest BCUT2D eigenvalue weighted by Crippen LogP contribution is -2.27. The van der Waals surface area contributed by atoms with Gasteiger partial charge >= 0.3 is 5.97 Å². The zero-order valence-corrected chi connectivity index (χ0v) is 22.4. The van der Waals surface area contributed by atoms with Gasteiger partial charge in [-0.2, -0.15) is 0 Å². The topological polar surface area (TPSA) is 65.7 Å². The molecule has 0 aromatic carbocycles. The second kappa shape index (κ2) is 18.7. The van der Waals surface area contributed by atoms with Gasteiger partial charge in [-0.25, -0.2) is 0 Å². The van der Waals surface area contributed by atoms with Crippen LogP contribution in [0.2, 0.25) is 0 Å². The summed E-state index contributed by atoms with van der Waals surface area (Å²) in [5.74, 6) is -0.106. The maximum Gasteiger partial charge on any atom is 0.316 e. The molecule has 196 valence electrons. The third-order valence-electron chi connectivity index (χ3n) is 6.05. The van der Waals surface area contributed by atoms with Crippen molar-refractivity contribution in [2.75, 3.05) is 6.61 Å². The molecule has 1 heterocycles. The predicted octanol–water partition coefficient (Wildman–Crippen LogP) is 8.37. The molecule has 0 aliphatic rings. The highest BCUT2D eigenvalue weighted by Crippen LogP contribution is 2.18. The minimum Gasteiger partial charge on any atom is -0.463 e. The average molecular weight is 479 g/mol. The van der Waals surface area contributed by atoms with Crippen LogP contribution in [0.3, 0.4) is 0 Å². The Morgan fingerprint density at radius 1 is 0.794 bits per heavy atom. The molecular formula is C29H50O5. The molecule has 0 radical (unpaired) electrons. The van der Waals surface area contributed by atoms with E-state index in [-0.39, 0.29) is 17.8 Å². The molecule has 0 unspecified atom stereocenters. The number of hydrogen-bond donors (Lipinski definition) is 0. The minimum absolute atomic E-state index is 0.0820. The molecule has 0 spiro atoms. The first kappa shape index (κ1) is 30.4. The molecule has 0 fully saturated rings. The fourth-order valence-electron chi connectivity index (χ4n) is 3.77. The van der Waals surface area contributed by atoms with Crippen molar-refractivity contribution >= 4 is 5.97 Å². The molecule has 5 nitrogen and oxygen atoms in total. The Hall–Kier alpha value is -1.62. The van der Waals surface area contributed by atoms with Gasteiger partial charge in [-0.05, 0) is 27.2 Å². The van der Waals surface area contributed by atoms with Crippen LogP contribution in [0, 0.1) is 5.41 Å². The fraction of sp³-hybridized carbons (Fsp3) is 0.793. The largest absolute Gasteiger partial charge is 0.463 e. The number of ether oxygens (including phenoxy) is 2. The molecule has 5 heteroatoms. The molecule has 0 saturated heterocycles. The Morgan fingerprint density at radius 3 is 1.71 bits per heavy atom.